The number of aliphatic hydroxyl groups excluding tert-OH is 1. The third-order valence-corrected chi connectivity index (χ3v) is 4.63. The minimum absolute atomic E-state index is 0.152. The number of benzene rings is 1. The molecular formula is C23H38N2O5. The van der Waals surface area contributed by atoms with E-state index in [2.05, 4.69) is 17.4 Å². The van der Waals surface area contributed by atoms with Crippen LogP contribution in [0, 0.1) is 0 Å². The summed E-state index contributed by atoms with van der Waals surface area (Å²) in [6.45, 7) is 7.88. The molecular weight excluding hydrogens is 384 g/mol. The molecule has 0 saturated carbocycles. The average Bonchev–Trinajstić information content (AvgIpc) is 2.66. The van der Waals surface area contributed by atoms with Gasteiger partial charge in [0.05, 0.1) is 18.8 Å². The van der Waals surface area contributed by atoms with Crippen LogP contribution in [-0.4, -0.2) is 41.5 Å². The summed E-state index contributed by atoms with van der Waals surface area (Å²) in [5.41, 5.74) is 6.95. The van der Waals surface area contributed by atoms with Gasteiger partial charge in [-0.25, -0.2) is 4.79 Å². The summed E-state index contributed by atoms with van der Waals surface area (Å²) in [5.74, 6) is -0.423. The van der Waals surface area contributed by atoms with Crippen LogP contribution in [-0.2, 0) is 27.3 Å². The standard InChI is InChI=1S/C23H38N2O5/c1-17(20(13-14-21(24)27)25-22(28)30-23(2,3)4)29-16-19-11-9-18(10-12-19)8-6-5-7-15-26/h9-12,17,20,26H,5-8,13-16H2,1-4H3,(H2,24,27)(H,25,28)/t17-,20+/m1/s1. The van der Waals surface area contributed by atoms with Gasteiger partial charge in [0.15, 0.2) is 0 Å². The van der Waals surface area contributed by atoms with Crippen molar-refractivity contribution in [1.82, 2.24) is 5.32 Å². The molecule has 0 unspecified atom stereocenters. The van der Waals surface area contributed by atoms with E-state index in [0.29, 0.717) is 13.0 Å². The number of carbonyl (C=O) groups is 2. The van der Waals surface area contributed by atoms with Crippen LogP contribution in [0.2, 0.25) is 0 Å². The molecule has 0 radical (unpaired) electrons. The number of amides is 2. The van der Waals surface area contributed by atoms with Gasteiger partial charge >= 0.3 is 6.09 Å². The van der Waals surface area contributed by atoms with Crippen molar-refractivity contribution in [3.8, 4) is 0 Å². The van der Waals surface area contributed by atoms with E-state index in [0.717, 1.165) is 31.2 Å². The maximum Gasteiger partial charge on any atom is 0.407 e. The average molecular weight is 423 g/mol. The van der Waals surface area contributed by atoms with Gasteiger partial charge in [0.25, 0.3) is 0 Å². The second kappa shape index (κ2) is 13.2. The summed E-state index contributed by atoms with van der Waals surface area (Å²) in [6.07, 6.45) is 3.58. The predicted molar refractivity (Wildman–Crippen MR) is 117 cm³/mol. The van der Waals surface area contributed by atoms with Crippen molar-refractivity contribution < 1.29 is 24.2 Å². The van der Waals surface area contributed by atoms with Crippen molar-refractivity contribution in [2.24, 2.45) is 5.73 Å². The minimum Gasteiger partial charge on any atom is -0.444 e. The molecule has 0 aliphatic rings. The van der Waals surface area contributed by atoms with Gasteiger partial charge in [0, 0.05) is 13.0 Å². The lowest BCUT2D eigenvalue weighted by Gasteiger charge is -2.27. The van der Waals surface area contributed by atoms with Crippen LogP contribution in [0.15, 0.2) is 24.3 Å². The minimum atomic E-state index is -0.609. The third-order valence-electron chi connectivity index (χ3n) is 4.63. The first-order valence-corrected chi connectivity index (χ1v) is 10.7. The van der Waals surface area contributed by atoms with Gasteiger partial charge in [0.1, 0.15) is 5.60 Å². The Hall–Kier alpha value is -2.12. The van der Waals surface area contributed by atoms with E-state index in [1.807, 2.05) is 19.1 Å². The molecule has 4 N–H and O–H groups in total. The van der Waals surface area contributed by atoms with E-state index >= 15 is 0 Å². The molecule has 0 heterocycles. The highest BCUT2D eigenvalue weighted by atomic mass is 16.6. The Morgan fingerprint density at radius 1 is 1.10 bits per heavy atom. The number of nitrogens with one attached hydrogen (secondary N) is 1. The number of aryl methyl sites for hydroxylation is 1. The van der Waals surface area contributed by atoms with Gasteiger partial charge in [-0.1, -0.05) is 30.7 Å². The molecule has 7 nitrogen and oxygen atoms in total. The molecule has 0 fully saturated rings. The number of ether oxygens (including phenoxy) is 2. The molecule has 0 saturated heterocycles. The van der Waals surface area contributed by atoms with Crippen molar-refractivity contribution in [2.75, 3.05) is 6.61 Å². The zero-order valence-corrected chi connectivity index (χ0v) is 18.8. The molecule has 0 bridgehead atoms. The van der Waals surface area contributed by atoms with Crippen LogP contribution in [0.4, 0.5) is 4.79 Å². The van der Waals surface area contributed by atoms with E-state index < -0.39 is 23.6 Å². The van der Waals surface area contributed by atoms with Crippen molar-refractivity contribution >= 4 is 12.0 Å². The molecule has 2 amide bonds. The van der Waals surface area contributed by atoms with Crippen LogP contribution in [0.3, 0.4) is 0 Å². The number of unbranched alkanes of at least 4 members (excludes halogenated alkanes) is 2. The highest BCUT2D eigenvalue weighted by Crippen LogP contribution is 2.14. The van der Waals surface area contributed by atoms with E-state index in [-0.39, 0.29) is 19.1 Å². The van der Waals surface area contributed by atoms with Gasteiger partial charge < -0.3 is 25.6 Å². The first-order chi connectivity index (χ1) is 14.1. The van der Waals surface area contributed by atoms with Crippen LogP contribution in [0.1, 0.15) is 70.9 Å². The number of hydrogen-bond acceptors (Lipinski definition) is 5. The number of aliphatic hydroxyl groups is 1. The zero-order chi connectivity index (χ0) is 22.6. The summed E-state index contributed by atoms with van der Waals surface area (Å²) < 4.78 is 11.3. The third kappa shape index (κ3) is 11.8. The van der Waals surface area contributed by atoms with E-state index in [4.69, 9.17) is 20.3 Å². The van der Waals surface area contributed by atoms with E-state index in [9.17, 15) is 9.59 Å². The molecule has 0 aromatic heterocycles. The molecule has 30 heavy (non-hydrogen) atoms. The Kier molecular flexibility index (Phi) is 11.4. The number of rotatable bonds is 13. The van der Waals surface area contributed by atoms with Gasteiger partial charge in [-0.15, -0.1) is 0 Å². The number of primary amides is 1. The highest BCUT2D eigenvalue weighted by Gasteiger charge is 2.24. The van der Waals surface area contributed by atoms with Crippen LogP contribution in [0.5, 0.6) is 0 Å². The van der Waals surface area contributed by atoms with Crippen molar-refractivity contribution in [2.45, 2.75) is 90.6 Å². The predicted octanol–water partition coefficient (Wildman–Crippen LogP) is 3.46. The zero-order valence-electron chi connectivity index (χ0n) is 18.8. The van der Waals surface area contributed by atoms with Crippen molar-refractivity contribution in [3.63, 3.8) is 0 Å². The summed E-state index contributed by atoms with van der Waals surface area (Å²) in [4.78, 5) is 23.3. The first-order valence-electron chi connectivity index (χ1n) is 10.7. The second-order valence-corrected chi connectivity index (χ2v) is 8.62. The van der Waals surface area contributed by atoms with Gasteiger partial charge in [0.2, 0.25) is 5.91 Å². The lowest BCUT2D eigenvalue weighted by atomic mass is 10.0. The smallest absolute Gasteiger partial charge is 0.407 e. The second-order valence-electron chi connectivity index (χ2n) is 8.62. The molecule has 0 aliphatic heterocycles. The fourth-order valence-electron chi connectivity index (χ4n) is 2.94. The monoisotopic (exact) mass is 422 g/mol. The Balaban J connectivity index is 2.57. The lowest BCUT2D eigenvalue weighted by Crippen LogP contribution is -2.45. The lowest BCUT2D eigenvalue weighted by molar-refractivity contribution is -0.118. The fraction of sp³-hybridized carbons (Fsp3) is 0.652. The van der Waals surface area contributed by atoms with E-state index in [1.165, 1.54) is 5.56 Å². The van der Waals surface area contributed by atoms with Gasteiger partial charge in [-0.05, 0) is 64.5 Å². The van der Waals surface area contributed by atoms with E-state index in [1.54, 1.807) is 20.8 Å². The summed E-state index contributed by atoms with van der Waals surface area (Å²) in [5, 5.41) is 11.6. The molecule has 1 rings (SSSR count). The Morgan fingerprint density at radius 2 is 1.73 bits per heavy atom. The summed E-state index contributed by atoms with van der Waals surface area (Å²) >= 11 is 0. The Labute approximate surface area is 180 Å². The maximum absolute atomic E-state index is 12.1. The molecule has 0 aliphatic carbocycles. The highest BCUT2D eigenvalue weighted by molar-refractivity contribution is 5.74. The molecule has 1 aromatic rings. The summed E-state index contributed by atoms with van der Waals surface area (Å²) in [7, 11) is 0. The number of hydrogen-bond donors (Lipinski definition) is 3. The van der Waals surface area contributed by atoms with Crippen LogP contribution >= 0.6 is 0 Å². The van der Waals surface area contributed by atoms with Crippen molar-refractivity contribution in [1.29, 1.82) is 0 Å². The summed E-state index contributed by atoms with van der Waals surface area (Å²) in [6, 6.07) is 7.86. The first kappa shape index (κ1) is 25.9. The Morgan fingerprint density at radius 3 is 2.30 bits per heavy atom. The topological polar surface area (TPSA) is 111 Å². The molecule has 7 heteroatoms. The molecule has 0 spiro atoms. The van der Waals surface area contributed by atoms with Crippen LogP contribution < -0.4 is 11.1 Å². The quantitative estimate of drug-likeness (QED) is 0.422. The van der Waals surface area contributed by atoms with Gasteiger partial charge in [-0.2, -0.15) is 0 Å². The molecule has 170 valence electrons. The number of carbonyl (C=O) groups excluding carboxylic acids is 2. The largest absolute Gasteiger partial charge is 0.444 e. The Bertz CT molecular complexity index is 640. The van der Waals surface area contributed by atoms with Crippen molar-refractivity contribution in [3.05, 3.63) is 35.4 Å². The molecule has 1 aromatic carbocycles. The number of nitrogens with two attached hydrogens (primary N) is 1. The number of alkyl carbamates (subject to hydrolysis) is 1. The van der Waals surface area contributed by atoms with Gasteiger partial charge in [-0.3, -0.25) is 4.79 Å². The normalized spacial score (nSPS) is 13.5. The maximum atomic E-state index is 12.1. The molecule has 2 atom stereocenters. The SMILES string of the molecule is C[C@@H](OCc1ccc(CCCCCO)cc1)[C@H](CCC(N)=O)NC(=O)OC(C)(C)C. The van der Waals surface area contributed by atoms with Crippen LogP contribution in [0.25, 0.3) is 0 Å². The fourth-order valence-corrected chi connectivity index (χ4v) is 2.94.